The number of aliphatic hydroxyl groups excluding tert-OH is 2. The lowest BCUT2D eigenvalue weighted by Gasteiger charge is -2.39. The van der Waals surface area contributed by atoms with Crippen molar-refractivity contribution in [3.8, 4) is 17.2 Å². The van der Waals surface area contributed by atoms with Crippen LogP contribution in [0.5, 0.6) is 17.2 Å². The Hall–Kier alpha value is -4.45. The fourth-order valence-electron chi connectivity index (χ4n) is 9.55. The van der Waals surface area contributed by atoms with Crippen molar-refractivity contribution in [3.05, 3.63) is 69.1 Å². The molecule has 4 heterocycles. The van der Waals surface area contributed by atoms with E-state index in [2.05, 4.69) is 17.1 Å². The summed E-state index contributed by atoms with van der Waals surface area (Å²) in [7, 11) is 0. The molecule has 2 bridgehead atoms. The number of benzene rings is 2. The SMILES string of the molecule is CCOC(=O)C1=C(C=O)/C2=C3\CCC(=O)[C@@H](C3)c3cc4cc[nH]c4cc3CC[C@H](CO)COc3c4c(c(CO)c(c32)O1)O[C@H]([C@](C)(O)C1CCCCC1)C4. The van der Waals surface area contributed by atoms with Gasteiger partial charge in [-0.3, -0.25) is 9.59 Å². The molecule has 5 aliphatic rings. The normalized spacial score (nSPS) is 25.4. The number of ether oxygens (including phenoxy) is 4. The monoisotopic (exact) mass is 739 g/mol. The molecule has 4 atom stereocenters. The number of Topliss-reactive ketones (excluding diaryl/α,β-unsaturated/α-hetero) is 1. The van der Waals surface area contributed by atoms with Gasteiger partial charge in [-0.25, -0.2) is 4.79 Å². The number of hydrogen-bond donors (Lipinski definition) is 4. The number of aldehydes is 1. The van der Waals surface area contributed by atoms with Gasteiger partial charge in [-0.15, -0.1) is 0 Å². The van der Waals surface area contributed by atoms with E-state index in [0.29, 0.717) is 53.7 Å². The third-order valence-electron chi connectivity index (χ3n) is 12.6. The fourth-order valence-corrected chi connectivity index (χ4v) is 9.55. The molecule has 0 spiro atoms. The molecule has 54 heavy (non-hydrogen) atoms. The van der Waals surface area contributed by atoms with E-state index in [-0.39, 0.29) is 79.3 Å². The summed E-state index contributed by atoms with van der Waals surface area (Å²) in [6, 6.07) is 6.13. The lowest BCUT2D eigenvalue weighted by atomic mass is 9.73. The van der Waals surface area contributed by atoms with Crippen LogP contribution in [-0.4, -0.2) is 69.9 Å². The Morgan fingerprint density at radius 3 is 2.61 bits per heavy atom. The van der Waals surface area contributed by atoms with E-state index in [1.54, 1.807) is 6.92 Å². The molecule has 3 aliphatic heterocycles. The standard InChI is InChI=1S/C43H49NO10/c1-3-51-42(49)41-31(20-46)36-26-11-12-34(48)29(16-26)28-15-25-13-14-44-33(25)17-24(28)10-9-23(19-45)22-52-39-30-18-35(43(2,50)27-7-5-4-6-8-27)53-38(30)32(21-47)40(54-41)37(36)39/h13-15,17,20,23,27,29,35,44-45,47,50H,3-12,16,18-19,21-22H2,1-2H3/b36-26-/t23-,29+,35+,43-/m1/s1. The van der Waals surface area contributed by atoms with Gasteiger partial charge < -0.3 is 39.3 Å². The number of carbonyl (C=O) groups excluding carboxylic acids is 3. The van der Waals surface area contributed by atoms with E-state index >= 15 is 0 Å². The Balaban J connectivity index is 1.37. The quantitative estimate of drug-likeness (QED) is 0.169. The van der Waals surface area contributed by atoms with Gasteiger partial charge in [-0.2, -0.15) is 0 Å². The van der Waals surface area contributed by atoms with Crippen LogP contribution in [0.1, 0.15) is 105 Å². The number of fused-ring (bicyclic) bond motifs is 7. The molecular weight excluding hydrogens is 690 g/mol. The summed E-state index contributed by atoms with van der Waals surface area (Å²) in [5, 5.41) is 34.8. The van der Waals surface area contributed by atoms with Crippen LogP contribution in [0.2, 0.25) is 0 Å². The van der Waals surface area contributed by atoms with Gasteiger partial charge in [0.15, 0.2) is 6.29 Å². The van der Waals surface area contributed by atoms with Crippen LogP contribution in [0.3, 0.4) is 0 Å². The molecule has 11 nitrogen and oxygen atoms in total. The molecule has 0 amide bonds. The zero-order valence-corrected chi connectivity index (χ0v) is 31.0. The maximum absolute atomic E-state index is 13.9. The van der Waals surface area contributed by atoms with Crippen molar-refractivity contribution >= 4 is 34.5 Å². The topological polar surface area (TPSA) is 165 Å². The molecule has 0 saturated heterocycles. The number of allylic oxidation sites excluding steroid dienone is 3. The second-order valence-electron chi connectivity index (χ2n) is 15.7. The van der Waals surface area contributed by atoms with Crippen LogP contribution < -0.4 is 14.2 Å². The number of aromatic nitrogens is 1. The van der Waals surface area contributed by atoms with E-state index in [1.165, 1.54) is 0 Å². The van der Waals surface area contributed by atoms with E-state index in [4.69, 9.17) is 18.9 Å². The predicted octanol–water partition coefficient (Wildman–Crippen LogP) is 5.93. The molecule has 286 valence electrons. The first-order valence-corrected chi connectivity index (χ1v) is 19.5. The Morgan fingerprint density at radius 2 is 1.87 bits per heavy atom. The first kappa shape index (κ1) is 36.5. The predicted molar refractivity (Wildman–Crippen MR) is 199 cm³/mol. The van der Waals surface area contributed by atoms with Gasteiger partial charge in [0.25, 0.3) is 0 Å². The van der Waals surface area contributed by atoms with Crippen molar-refractivity contribution in [2.75, 3.05) is 19.8 Å². The Bertz CT molecular complexity index is 2070. The summed E-state index contributed by atoms with van der Waals surface area (Å²) in [5.74, 6) is -1.09. The van der Waals surface area contributed by atoms with Gasteiger partial charge in [0.1, 0.15) is 34.7 Å². The van der Waals surface area contributed by atoms with Crippen molar-refractivity contribution in [1.82, 2.24) is 4.98 Å². The average Bonchev–Trinajstić information content (AvgIpc) is 3.85. The molecule has 11 heteroatoms. The molecule has 8 rings (SSSR count). The zero-order valence-electron chi connectivity index (χ0n) is 31.0. The van der Waals surface area contributed by atoms with Crippen LogP contribution >= 0.6 is 0 Å². The van der Waals surface area contributed by atoms with Crippen LogP contribution in [0.25, 0.3) is 16.5 Å². The van der Waals surface area contributed by atoms with Gasteiger partial charge >= 0.3 is 5.97 Å². The van der Waals surface area contributed by atoms with Gasteiger partial charge in [-0.05, 0) is 93.0 Å². The maximum atomic E-state index is 13.9. The van der Waals surface area contributed by atoms with Gasteiger partial charge in [-0.1, -0.05) is 24.8 Å². The molecular formula is C43H49NO10. The Morgan fingerprint density at radius 1 is 1.06 bits per heavy atom. The number of nitrogens with one attached hydrogen (secondary N) is 1. The van der Waals surface area contributed by atoms with E-state index in [0.717, 1.165) is 59.7 Å². The number of hydrogen-bond acceptors (Lipinski definition) is 10. The van der Waals surface area contributed by atoms with Crippen LogP contribution in [-0.2, 0) is 38.6 Å². The highest BCUT2D eigenvalue weighted by Crippen LogP contribution is 2.57. The van der Waals surface area contributed by atoms with E-state index in [1.807, 2.05) is 19.2 Å². The number of aryl methyl sites for hydroxylation is 1. The minimum absolute atomic E-state index is 0.0144. The highest BCUT2D eigenvalue weighted by molar-refractivity contribution is 6.11. The van der Waals surface area contributed by atoms with Crippen molar-refractivity contribution in [3.63, 3.8) is 0 Å². The first-order chi connectivity index (χ1) is 26.2. The largest absolute Gasteiger partial charge is 0.492 e. The first-order valence-electron chi connectivity index (χ1n) is 19.5. The zero-order chi connectivity index (χ0) is 37.7. The van der Waals surface area contributed by atoms with Gasteiger partial charge in [0.05, 0.1) is 36.5 Å². The molecule has 3 aromatic rings. The summed E-state index contributed by atoms with van der Waals surface area (Å²) in [6.07, 6.45) is 9.00. The highest BCUT2D eigenvalue weighted by Gasteiger charge is 2.49. The van der Waals surface area contributed by atoms with Crippen molar-refractivity contribution in [1.29, 1.82) is 0 Å². The molecule has 1 aromatic heterocycles. The molecule has 0 unspecified atom stereocenters. The summed E-state index contributed by atoms with van der Waals surface area (Å²) in [5.41, 5.74) is 4.14. The fraction of sp³-hybridized carbons (Fsp3) is 0.512. The van der Waals surface area contributed by atoms with Crippen molar-refractivity contribution < 1.29 is 48.7 Å². The number of aliphatic hydroxyl groups is 3. The number of H-pyrrole nitrogens is 1. The van der Waals surface area contributed by atoms with Crippen LogP contribution in [0, 0.1) is 11.8 Å². The van der Waals surface area contributed by atoms with Gasteiger partial charge in [0.2, 0.25) is 5.76 Å². The second kappa shape index (κ2) is 14.7. The number of ketones is 1. The van der Waals surface area contributed by atoms with Crippen molar-refractivity contribution in [2.24, 2.45) is 11.8 Å². The third kappa shape index (κ3) is 6.14. The average molecular weight is 740 g/mol. The second-order valence-corrected chi connectivity index (χ2v) is 15.7. The summed E-state index contributed by atoms with van der Waals surface area (Å²) >= 11 is 0. The summed E-state index contributed by atoms with van der Waals surface area (Å²) in [4.78, 5) is 44.1. The molecule has 2 fully saturated rings. The molecule has 0 radical (unpaired) electrons. The van der Waals surface area contributed by atoms with E-state index in [9.17, 15) is 29.7 Å². The number of esters is 1. The third-order valence-corrected chi connectivity index (χ3v) is 12.6. The van der Waals surface area contributed by atoms with Gasteiger partial charge in [0, 0.05) is 54.1 Å². The molecule has 4 N–H and O–H groups in total. The maximum Gasteiger partial charge on any atom is 0.375 e. The smallest absolute Gasteiger partial charge is 0.375 e. The molecule has 2 aromatic carbocycles. The lowest BCUT2D eigenvalue weighted by molar-refractivity contribution is -0.141. The Labute approximate surface area is 314 Å². The van der Waals surface area contributed by atoms with Crippen molar-refractivity contribution in [2.45, 2.75) is 109 Å². The number of rotatable bonds is 7. The minimum Gasteiger partial charge on any atom is -0.492 e. The summed E-state index contributed by atoms with van der Waals surface area (Å²) < 4.78 is 25.2. The minimum atomic E-state index is -1.20. The Kier molecular flexibility index (Phi) is 9.91. The number of aromatic amines is 1. The molecule has 2 saturated carbocycles. The summed E-state index contributed by atoms with van der Waals surface area (Å²) in [6.45, 7) is 2.93. The van der Waals surface area contributed by atoms with E-state index < -0.39 is 30.2 Å². The number of carbonyl (C=O) groups is 3. The lowest BCUT2D eigenvalue weighted by Crippen LogP contribution is -2.49. The highest BCUT2D eigenvalue weighted by atomic mass is 16.6. The van der Waals surface area contributed by atoms with Crippen LogP contribution in [0.15, 0.2) is 41.3 Å². The molecule has 2 aliphatic carbocycles. The van der Waals surface area contributed by atoms with Crippen LogP contribution in [0.4, 0.5) is 0 Å².